The number of hydrogen-bond acceptors (Lipinski definition) is 3. The second kappa shape index (κ2) is 8.31. The van der Waals surface area contributed by atoms with Crippen molar-refractivity contribution < 1.29 is 26.3 Å². The van der Waals surface area contributed by atoms with Crippen LogP contribution >= 0.6 is 0 Å². The predicted octanol–water partition coefficient (Wildman–Crippen LogP) is 7.22. The SMILES string of the molecule is Cc1cc(-c2cc(C(F)(F)F)nc(-c3cccc(-c4cccnc4)c3)n2)ccc1C(F)(F)F. The van der Waals surface area contributed by atoms with Crippen molar-refractivity contribution in [2.75, 3.05) is 0 Å². The minimum Gasteiger partial charge on any atom is -0.264 e. The molecule has 0 N–H and O–H groups in total. The highest BCUT2D eigenvalue weighted by molar-refractivity contribution is 5.71. The molecule has 0 aliphatic heterocycles. The molecule has 0 spiro atoms. The van der Waals surface area contributed by atoms with Crippen LogP contribution in [0.1, 0.15) is 16.8 Å². The summed E-state index contributed by atoms with van der Waals surface area (Å²) in [4.78, 5) is 12.0. The van der Waals surface area contributed by atoms with Gasteiger partial charge in [-0.2, -0.15) is 26.3 Å². The molecule has 4 aromatic rings. The van der Waals surface area contributed by atoms with E-state index in [0.717, 1.165) is 23.8 Å². The van der Waals surface area contributed by atoms with Gasteiger partial charge < -0.3 is 0 Å². The van der Waals surface area contributed by atoms with E-state index in [1.165, 1.54) is 13.0 Å². The fraction of sp³-hybridized carbons (Fsp3) is 0.125. The summed E-state index contributed by atoms with van der Waals surface area (Å²) in [5.41, 5.74) is -0.389. The maximum atomic E-state index is 13.6. The zero-order chi connectivity index (χ0) is 23.8. The molecule has 0 aliphatic rings. The first kappa shape index (κ1) is 22.4. The Morgan fingerprint density at radius 2 is 1.39 bits per heavy atom. The van der Waals surface area contributed by atoms with E-state index in [1.54, 1.807) is 48.8 Å². The number of hydrogen-bond donors (Lipinski definition) is 0. The smallest absolute Gasteiger partial charge is 0.264 e. The molecule has 2 heterocycles. The van der Waals surface area contributed by atoms with Crippen molar-refractivity contribution in [2.24, 2.45) is 0 Å². The van der Waals surface area contributed by atoms with Gasteiger partial charge in [-0.25, -0.2) is 9.97 Å². The van der Waals surface area contributed by atoms with Crippen LogP contribution in [-0.2, 0) is 12.4 Å². The minimum absolute atomic E-state index is 0.118. The van der Waals surface area contributed by atoms with Crippen molar-refractivity contribution in [3.05, 3.63) is 89.9 Å². The van der Waals surface area contributed by atoms with E-state index in [4.69, 9.17) is 0 Å². The van der Waals surface area contributed by atoms with E-state index < -0.39 is 23.6 Å². The van der Waals surface area contributed by atoms with E-state index in [9.17, 15) is 26.3 Å². The van der Waals surface area contributed by atoms with Crippen molar-refractivity contribution >= 4 is 0 Å². The molecular formula is C24H15F6N3. The van der Waals surface area contributed by atoms with Gasteiger partial charge in [0.25, 0.3) is 0 Å². The Balaban J connectivity index is 1.85. The third-order valence-corrected chi connectivity index (χ3v) is 4.96. The maximum absolute atomic E-state index is 13.6. The van der Waals surface area contributed by atoms with Gasteiger partial charge in [-0.05, 0) is 48.4 Å². The van der Waals surface area contributed by atoms with Gasteiger partial charge in [-0.3, -0.25) is 4.98 Å². The van der Waals surface area contributed by atoms with Gasteiger partial charge in [0.05, 0.1) is 11.3 Å². The Kier molecular flexibility index (Phi) is 5.65. The molecule has 0 fully saturated rings. The summed E-state index contributed by atoms with van der Waals surface area (Å²) in [6.45, 7) is 1.25. The van der Waals surface area contributed by atoms with E-state index in [2.05, 4.69) is 15.0 Å². The first-order chi connectivity index (χ1) is 15.5. The Morgan fingerprint density at radius 1 is 0.667 bits per heavy atom. The molecule has 0 radical (unpaired) electrons. The molecule has 0 bridgehead atoms. The predicted molar refractivity (Wildman–Crippen MR) is 111 cm³/mol. The molecule has 0 saturated carbocycles. The van der Waals surface area contributed by atoms with E-state index in [0.29, 0.717) is 11.1 Å². The van der Waals surface area contributed by atoms with Crippen LogP contribution in [0.25, 0.3) is 33.8 Å². The molecule has 4 rings (SSSR count). The first-order valence-corrected chi connectivity index (χ1v) is 9.68. The molecule has 33 heavy (non-hydrogen) atoms. The first-order valence-electron chi connectivity index (χ1n) is 9.68. The Bertz CT molecular complexity index is 1300. The van der Waals surface area contributed by atoms with Gasteiger partial charge in [0, 0.05) is 29.1 Å². The summed E-state index contributed by atoms with van der Waals surface area (Å²) in [6.07, 6.45) is -6.12. The summed E-state index contributed by atoms with van der Waals surface area (Å²) < 4.78 is 80.0. The molecule has 9 heteroatoms. The molecule has 168 valence electrons. The van der Waals surface area contributed by atoms with E-state index in [1.807, 2.05) is 0 Å². The third-order valence-electron chi connectivity index (χ3n) is 4.96. The normalized spacial score (nSPS) is 12.1. The molecule has 0 atom stereocenters. The minimum atomic E-state index is -4.77. The number of rotatable bonds is 3. The van der Waals surface area contributed by atoms with Gasteiger partial charge >= 0.3 is 12.4 Å². The monoisotopic (exact) mass is 459 g/mol. The molecular weight excluding hydrogens is 444 g/mol. The standard InChI is InChI=1S/C24H15F6N3/c1-14-10-16(7-8-19(14)23(25,26)27)20-12-21(24(28,29)30)33-22(32-20)17-5-2-4-15(11-17)18-6-3-9-31-13-18/h2-13H,1H3. The number of halogens is 6. The number of benzene rings is 2. The maximum Gasteiger partial charge on any atom is 0.433 e. The number of pyridine rings is 1. The largest absolute Gasteiger partial charge is 0.433 e. The van der Waals surface area contributed by atoms with Gasteiger partial charge in [0.2, 0.25) is 0 Å². The molecule has 2 aromatic carbocycles. The summed E-state index contributed by atoms with van der Waals surface area (Å²) in [5.74, 6) is -0.192. The van der Waals surface area contributed by atoms with Crippen LogP contribution < -0.4 is 0 Å². The van der Waals surface area contributed by atoms with Crippen LogP contribution in [0.15, 0.2) is 73.1 Å². The summed E-state index contributed by atoms with van der Waals surface area (Å²) in [5, 5.41) is 0. The van der Waals surface area contributed by atoms with Crippen molar-refractivity contribution in [2.45, 2.75) is 19.3 Å². The van der Waals surface area contributed by atoms with E-state index in [-0.39, 0.29) is 22.6 Å². The highest BCUT2D eigenvalue weighted by atomic mass is 19.4. The van der Waals surface area contributed by atoms with Crippen molar-refractivity contribution in [1.29, 1.82) is 0 Å². The summed E-state index contributed by atoms with van der Waals surface area (Å²) in [6, 6.07) is 14.0. The Morgan fingerprint density at radius 3 is 2.03 bits per heavy atom. The van der Waals surface area contributed by atoms with E-state index >= 15 is 0 Å². The van der Waals surface area contributed by atoms with Crippen LogP contribution in [0.4, 0.5) is 26.3 Å². The molecule has 0 unspecified atom stereocenters. The van der Waals surface area contributed by atoms with Crippen LogP contribution in [0.3, 0.4) is 0 Å². The zero-order valence-electron chi connectivity index (χ0n) is 17.0. The number of alkyl halides is 6. The van der Waals surface area contributed by atoms with Gasteiger partial charge in [-0.1, -0.05) is 30.3 Å². The molecule has 0 saturated heterocycles. The quantitative estimate of drug-likeness (QED) is 0.304. The fourth-order valence-electron chi connectivity index (χ4n) is 3.38. The average Bonchev–Trinajstić information content (AvgIpc) is 2.78. The number of aromatic nitrogens is 3. The molecule has 0 amide bonds. The lowest BCUT2D eigenvalue weighted by Gasteiger charge is -2.14. The van der Waals surface area contributed by atoms with Gasteiger partial charge in [0.15, 0.2) is 5.82 Å². The summed E-state index contributed by atoms with van der Waals surface area (Å²) in [7, 11) is 0. The number of nitrogens with zero attached hydrogens (tertiary/aromatic N) is 3. The second-order valence-corrected chi connectivity index (χ2v) is 7.31. The zero-order valence-corrected chi connectivity index (χ0v) is 17.0. The van der Waals surface area contributed by atoms with Crippen molar-refractivity contribution in [1.82, 2.24) is 15.0 Å². The Hall–Kier alpha value is -3.75. The van der Waals surface area contributed by atoms with Crippen molar-refractivity contribution in [3.8, 4) is 33.8 Å². The fourth-order valence-corrected chi connectivity index (χ4v) is 3.38. The average molecular weight is 459 g/mol. The van der Waals surface area contributed by atoms with Crippen LogP contribution in [-0.4, -0.2) is 15.0 Å². The molecule has 2 aromatic heterocycles. The lowest BCUT2D eigenvalue weighted by atomic mass is 10.0. The lowest BCUT2D eigenvalue weighted by molar-refractivity contribution is -0.141. The molecule has 0 aliphatic carbocycles. The number of aryl methyl sites for hydroxylation is 1. The molecule has 3 nitrogen and oxygen atoms in total. The van der Waals surface area contributed by atoms with Crippen LogP contribution in [0, 0.1) is 6.92 Å². The second-order valence-electron chi connectivity index (χ2n) is 7.31. The third kappa shape index (κ3) is 4.87. The van der Waals surface area contributed by atoms with Gasteiger partial charge in [0.1, 0.15) is 5.69 Å². The highest BCUT2D eigenvalue weighted by Crippen LogP contribution is 2.36. The van der Waals surface area contributed by atoms with Crippen LogP contribution in [0.2, 0.25) is 0 Å². The Labute approximate surface area is 184 Å². The van der Waals surface area contributed by atoms with Crippen LogP contribution in [0.5, 0.6) is 0 Å². The lowest BCUT2D eigenvalue weighted by Crippen LogP contribution is -2.11. The van der Waals surface area contributed by atoms with Gasteiger partial charge in [-0.15, -0.1) is 0 Å². The van der Waals surface area contributed by atoms with Crippen molar-refractivity contribution in [3.63, 3.8) is 0 Å². The topological polar surface area (TPSA) is 38.7 Å². The summed E-state index contributed by atoms with van der Waals surface area (Å²) >= 11 is 0. The highest BCUT2D eigenvalue weighted by Gasteiger charge is 2.35.